The van der Waals surface area contributed by atoms with Gasteiger partial charge in [-0.2, -0.15) is 10.2 Å². The van der Waals surface area contributed by atoms with Gasteiger partial charge in [0.05, 0.1) is 25.0 Å². The molecule has 0 spiro atoms. The summed E-state index contributed by atoms with van der Waals surface area (Å²) in [6.07, 6.45) is 5.23. The SMILES string of the molecule is CCOC(=O)c1nn(Cc2cnn(C)c2)cc1N. The number of ether oxygens (including phenoxy) is 1. The van der Waals surface area contributed by atoms with Crippen LogP contribution in [0.15, 0.2) is 18.6 Å². The number of hydrogen-bond donors (Lipinski definition) is 1. The first kappa shape index (κ1) is 12.2. The minimum absolute atomic E-state index is 0.153. The van der Waals surface area contributed by atoms with Crippen LogP contribution in [0.3, 0.4) is 0 Å². The Hall–Kier alpha value is -2.31. The smallest absolute Gasteiger partial charge is 0.361 e. The molecule has 0 fully saturated rings. The summed E-state index contributed by atoms with van der Waals surface area (Å²) in [5.41, 5.74) is 7.18. The standard InChI is InChI=1S/C11H15N5O2/c1-3-18-11(17)10-9(12)7-16(14-10)6-8-4-13-15(2)5-8/h4-5,7H,3,6,12H2,1-2H3. The van der Waals surface area contributed by atoms with Gasteiger partial charge < -0.3 is 10.5 Å². The summed E-state index contributed by atoms with van der Waals surface area (Å²) in [4.78, 5) is 11.5. The first-order chi connectivity index (χ1) is 8.60. The molecule has 96 valence electrons. The summed E-state index contributed by atoms with van der Waals surface area (Å²) in [5, 5.41) is 8.17. The third-order valence-corrected chi connectivity index (χ3v) is 2.36. The normalized spacial score (nSPS) is 10.6. The highest BCUT2D eigenvalue weighted by Crippen LogP contribution is 2.12. The van der Waals surface area contributed by atoms with Gasteiger partial charge in [-0.25, -0.2) is 4.79 Å². The summed E-state index contributed by atoms with van der Waals surface area (Å²) in [6, 6.07) is 0. The molecule has 0 saturated carbocycles. The Bertz CT molecular complexity index is 558. The van der Waals surface area contributed by atoms with Crippen molar-refractivity contribution in [1.82, 2.24) is 19.6 Å². The molecule has 2 aromatic heterocycles. The van der Waals surface area contributed by atoms with Crippen LogP contribution in [0.5, 0.6) is 0 Å². The van der Waals surface area contributed by atoms with Crippen molar-refractivity contribution in [3.63, 3.8) is 0 Å². The number of nitrogens with two attached hydrogens (primary N) is 1. The van der Waals surface area contributed by atoms with Gasteiger partial charge in [0.15, 0.2) is 5.69 Å². The Morgan fingerprint density at radius 1 is 1.50 bits per heavy atom. The second-order valence-electron chi connectivity index (χ2n) is 3.87. The van der Waals surface area contributed by atoms with Crippen LogP contribution >= 0.6 is 0 Å². The Balaban J connectivity index is 2.16. The number of esters is 1. The fraction of sp³-hybridized carbons (Fsp3) is 0.364. The van der Waals surface area contributed by atoms with Crippen LogP contribution in [-0.2, 0) is 18.3 Å². The number of rotatable bonds is 4. The van der Waals surface area contributed by atoms with Crippen molar-refractivity contribution in [2.45, 2.75) is 13.5 Å². The van der Waals surface area contributed by atoms with E-state index in [0.717, 1.165) is 5.56 Å². The molecule has 0 saturated heterocycles. The molecular weight excluding hydrogens is 234 g/mol. The fourth-order valence-corrected chi connectivity index (χ4v) is 1.62. The van der Waals surface area contributed by atoms with Gasteiger partial charge in [-0.05, 0) is 6.92 Å². The molecule has 0 aliphatic carbocycles. The monoisotopic (exact) mass is 249 g/mol. The van der Waals surface area contributed by atoms with Gasteiger partial charge >= 0.3 is 5.97 Å². The number of nitrogens with zero attached hydrogens (tertiary/aromatic N) is 4. The topological polar surface area (TPSA) is 88.0 Å². The second-order valence-corrected chi connectivity index (χ2v) is 3.87. The van der Waals surface area contributed by atoms with E-state index in [1.807, 2.05) is 13.2 Å². The predicted octanol–water partition coefficient (Wildman–Crippen LogP) is 0.424. The van der Waals surface area contributed by atoms with Crippen LogP contribution in [0, 0.1) is 0 Å². The van der Waals surface area contributed by atoms with Crippen molar-refractivity contribution in [2.24, 2.45) is 7.05 Å². The molecular formula is C11H15N5O2. The number of nitrogen functional groups attached to an aromatic ring is 1. The largest absolute Gasteiger partial charge is 0.461 e. The highest BCUT2D eigenvalue weighted by Gasteiger charge is 2.16. The lowest BCUT2D eigenvalue weighted by Crippen LogP contribution is -2.09. The number of aromatic nitrogens is 4. The van der Waals surface area contributed by atoms with E-state index in [4.69, 9.17) is 10.5 Å². The van der Waals surface area contributed by atoms with Crippen molar-refractivity contribution in [3.8, 4) is 0 Å². The molecule has 2 aromatic rings. The van der Waals surface area contributed by atoms with Gasteiger partial charge in [0.2, 0.25) is 0 Å². The minimum atomic E-state index is -0.500. The number of aryl methyl sites for hydroxylation is 1. The molecule has 0 unspecified atom stereocenters. The van der Waals surface area contributed by atoms with Crippen molar-refractivity contribution in [3.05, 3.63) is 29.8 Å². The quantitative estimate of drug-likeness (QED) is 0.793. The van der Waals surface area contributed by atoms with Crippen LogP contribution in [-0.4, -0.2) is 32.1 Å². The average molecular weight is 249 g/mol. The summed E-state index contributed by atoms with van der Waals surface area (Å²) < 4.78 is 8.16. The van der Waals surface area contributed by atoms with Crippen LogP contribution < -0.4 is 5.73 Å². The van der Waals surface area contributed by atoms with Crippen molar-refractivity contribution >= 4 is 11.7 Å². The first-order valence-corrected chi connectivity index (χ1v) is 5.57. The molecule has 2 N–H and O–H groups in total. The molecule has 0 aliphatic heterocycles. The number of anilines is 1. The zero-order chi connectivity index (χ0) is 13.1. The maximum Gasteiger partial charge on any atom is 0.361 e. The average Bonchev–Trinajstić information content (AvgIpc) is 2.86. The maximum absolute atomic E-state index is 11.5. The molecule has 0 aromatic carbocycles. The molecule has 18 heavy (non-hydrogen) atoms. The third-order valence-electron chi connectivity index (χ3n) is 2.36. The van der Waals surface area contributed by atoms with E-state index in [9.17, 15) is 4.79 Å². The number of carbonyl (C=O) groups excluding carboxylic acids is 1. The molecule has 7 heteroatoms. The number of hydrogen-bond acceptors (Lipinski definition) is 5. The molecule has 0 aliphatic rings. The Kier molecular flexibility index (Phi) is 3.31. The van der Waals surface area contributed by atoms with E-state index < -0.39 is 5.97 Å². The van der Waals surface area contributed by atoms with Gasteiger partial charge in [0, 0.05) is 25.0 Å². The lowest BCUT2D eigenvalue weighted by molar-refractivity contribution is 0.0519. The minimum Gasteiger partial charge on any atom is -0.461 e. The molecule has 0 radical (unpaired) electrons. The Morgan fingerprint density at radius 2 is 2.28 bits per heavy atom. The van der Waals surface area contributed by atoms with Crippen LogP contribution in [0.2, 0.25) is 0 Å². The lowest BCUT2D eigenvalue weighted by atomic mass is 10.3. The second kappa shape index (κ2) is 4.91. The highest BCUT2D eigenvalue weighted by atomic mass is 16.5. The highest BCUT2D eigenvalue weighted by molar-refractivity contribution is 5.92. The predicted molar refractivity (Wildman–Crippen MR) is 64.9 cm³/mol. The van der Waals surface area contributed by atoms with E-state index in [1.54, 1.807) is 28.7 Å². The maximum atomic E-state index is 11.5. The van der Waals surface area contributed by atoms with Crippen LogP contribution in [0.4, 0.5) is 5.69 Å². The molecule has 2 heterocycles. The van der Waals surface area contributed by atoms with Crippen molar-refractivity contribution in [2.75, 3.05) is 12.3 Å². The lowest BCUT2D eigenvalue weighted by Gasteiger charge is -1.98. The van der Waals surface area contributed by atoms with Crippen LogP contribution in [0.1, 0.15) is 23.0 Å². The number of carbonyl (C=O) groups is 1. The summed E-state index contributed by atoms with van der Waals surface area (Å²) >= 11 is 0. The molecule has 7 nitrogen and oxygen atoms in total. The van der Waals surface area contributed by atoms with Crippen molar-refractivity contribution < 1.29 is 9.53 Å². The fourth-order valence-electron chi connectivity index (χ4n) is 1.62. The van der Waals surface area contributed by atoms with E-state index in [2.05, 4.69) is 10.2 Å². The van der Waals surface area contributed by atoms with Gasteiger partial charge in [0.25, 0.3) is 0 Å². The van der Waals surface area contributed by atoms with Gasteiger partial charge in [-0.3, -0.25) is 9.36 Å². The Labute approximate surface area is 104 Å². The van der Waals surface area contributed by atoms with Crippen molar-refractivity contribution in [1.29, 1.82) is 0 Å². The van der Waals surface area contributed by atoms with E-state index in [-0.39, 0.29) is 5.69 Å². The first-order valence-electron chi connectivity index (χ1n) is 5.57. The Morgan fingerprint density at radius 3 is 2.89 bits per heavy atom. The van der Waals surface area contributed by atoms with E-state index in [1.165, 1.54) is 0 Å². The molecule has 0 atom stereocenters. The van der Waals surface area contributed by atoms with Gasteiger partial charge in [0.1, 0.15) is 0 Å². The van der Waals surface area contributed by atoms with Gasteiger partial charge in [-0.15, -0.1) is 0 Å². The molecule has 0 amide bonds. The zero-order valence-electron chi connectivity index (χ0n) is 10.3. The summed E-state index contributed by atoms with van der Waals surface area (Å²) in [7, 11) is 1.84. The van der Waals surface area contributed by atoms with Crippen LogP contribution in [0.25, 0.3) is 0 Å². The molecule has 0 bridgehead atoms. The third kappa shape index (κ3) is 2.50. The summed E-state index contributed by atoms with van der Waals surface area (Å²) in [5.74, 6) is -0.500. The summed E-state index contributed by atoms with van der Waals surface area (Å²) in [6.45, 7) is 2.55. The van der Waals surface area contributed by atoms with E-state index in [0.29, 0.717) is 18.8 Å². The van der Waals surface area contributed by atoms with E-state index >= 15 is 0 Å². The van der Waals surface area contributed by atoms with Gasteiger partial charge in [-0.1, -0.05) is 0 Å². The zero-order valence-corrected chi connectivity index (χ0v) is 10.3. The molecule has 2 rings (SSSR count).